The summed E-state index contributed by atoms with van der Waals surface area (Å²) in [4.78, 5) is 20.9. The molecular formula is C17H18N6O4. The molecule has 10 heteroatoms. The predicted molar refractivity (Wildman–Crippen MR) is 96.9 cm³/mol. The molecule has 0 radical (unpaired) electrons. The van der Waals surface area contributed by atoms with Gasteiger partial charge in [0.1, 0.15) is 6.61 Å². The third kappa shape index (κ3) is 4.51. The van der Waals surface area contributed by atoms with Crippen LogP contribution in [0.15, 0.2) is 65.2 Å². The predicted octanol–water partition coefficient (Wildman–Crippen LogP) is 1.58. The topological polar surface area (TPSA) is 143 Å². The van der Waals surface area contributed by atoms with Crippen molar-refractivity contribution in [1.29, 1.82) is 0 Å². The van der Waals surface area contributed by atoms with Crippen LogP contribution < -0.4 is 16.7 Å². The Labute approximate surface area is 154 Å². The molecule has 0 aliphatic carbocycles. The van der Waals surface area contributed by atoms with E-state index in [1.165, 1.54) is 11.5 Å². The number of aryl methyl sites for hydroxylation is 1. The first-order valence-corrected chi connectivity index (χ1v) is 8.00. The first-order valence-electron chi connectivity index (χ1n) is 8.00. The van der Waals surface area contributed by atoms with Crippen LogP contribution in [0.4, 0.5) is 11.4 Å². The van der Waals surface area contributed by atoms with Gasteiger partial charge in [0.25, 0.3) is 5.69 Å². The lowest BCUT2D eigenvalue weighted by Crippen LogP contribution is -2.81. The van der Waals surface area contributed by atoms with E-state index in [0.29, 0.717) is 22.8 Å². The smallest absolute Gasteiger partial charge is 0.275 e. The number of benzene rings is 2. The van der Waals surface area contributed by atoms with Crippen molar-refractivity contribution in [2.75, 3.05) is 0 Å². The average Bonchev–Trinajstić information content (AvgIpc) is 3.09. The molecule has 5 N–H and O–H groups in total. The van der Waals surface area contributed by atoms with Gasteiger partial charge in [-0.2, -0.15) is 15.8 Å². The fourth-order valence-corrected chi connectivity index (χ4v) is 2.32. The van der Waals surface area contributed by atoms with Crippen molar-refractivity contribution in [2.45, 2.75) is 13.5 Å². The number of nitro groups is 1. The zero-order chi connectivity index (χ0) is 19.2. The van der Waals surface area contributed by atoms with Gasteiger partial charge in [-0.25, -0.2) is 0 Å². The monoisotopic (exact) mass is 370 g/mol. The van der Waals surface area contributed by atoms with Crippen molar-refractivity contribution < 1.29 is 20.2 Å². The van der Waals surface area contributed by atoms with E-state index in [4.69, 9.17) is 15.5 Å². The zero-order valence-corrected chi connectivity index (χ0v) is 14.5. The van der Waals surface area contributed by atoms with Gasteiger partial charge >= 0.3 is 0 Å². The Hall–Kier alpha value is -3.63. The molecule has 3 rings (SSSR count). The summed E-state index contributed by atoms with van der Waals surface area (Å²) in [6.45, 7) is 1.97. The van der Waals surface area contributed by atoms with E-state index in [1.54, 1.807) is 18.2 Å². The van der Waals surface area contributed by atoms with E-state index in [-0.39, 0.29) is 18.1 Å². The molecule has 0 atom stereocenters. The fraction of sp³-hybridized carbons (Fsp3) is 0.118. The number of quaternary nitrogens is 1. The van der Waals surface area contributed by atoms with Gasteiger partial charge in [-0.1, -0.05) is 42.0 Å². The second-order valence-electron chi connectivity index (χ2n) is 5.69. The number of oxime groups is 1. The molecule has 27 heavy (non-hydrogen) atoms. The molecule has 140 valence electrons. The highest BCUT2D eigenvalue weighted by Gasteiger charge is 2.18. The molecule has 0 aromatic heterocycles. The lowest BCUT2D eigenvalue weighted by Gasteiger charge is -2.23. The third-order valence-corrected chi connectivity index (χ3v) is 3.71. The molecule has 0 fully saturated rings. The van der Waals surface area contributed by atoms with Crippen LogP contribution in [-0.2, 0) is 16.4 Å². The molecule has 0 amide bonds. The summed E-state index contributed by atoms with van der Waals surface area (Å²) in [7, 11) is 0. The molecule has 10 nitrogen and oxygen atoms in total. The van der Waals surface area contributed by atoms with Crippen molar-refractivity contribution in [3.05, 3.63) is 86.6 Å². The van der Waals surface area contributed by atoms with E-state index in [0.717, 1.165) is 5.56 Å². The quantitative estimate of drug-likeness (QED) is 0.499. The van der Waals surface area contributed by atoms with Crippen LogP contribution in [-0.4, -0.2) is 10.8 Å². The zero-order valence-electron chi connectivity index (χ0n) is 14.5. The van der Waals surface area contributed by atoms with E-state index in [9.17, 15) is 10.1 Å². The average molecular weight is 370 g/mol. The second-order valence-corrected chi connectivity index (χ2v) is 5.69. The van der Waals surface area contributed by atoms with Crippen LogP contribution in [0.1, 0.15) is 11.1 Å². The molecule has 2 aromatic rings. The summed E-state index contributed by atoms with van der Waals surface area (Å²) in [6.07, 6.45) is 0. The minimum atomic E-state index is -0.453. The second kappa shape index (κ2) is 8.17. The van der Waals surface area contributed by atoms with E-state index >= 15 is 0 Å². The van der Waals surface area contributed by atoms with Gasteiger partial charge in [0.05, 0.1) is 16.3 Å². The highest BCUT2D eigenvalue weighted by Crippen LogP contribution is 2.23. The number of amidine groups is 1. The Kier molecular flexibility index (Phi) is 5.50. The molecule has 0 saturated carbocycles. The Bertz CT molecular complexity index is 895. The molecule has 2 aromatic carbocycles. The normalized spacial score (nSPS) is 14.8. The lowest BCUT2D eigenvalue weighted by molar-refractivity contribution is -0.864. The number of nitrogens with two attached hydrogens (primary N) is 2. The number of rotatable bonds is 7. The number of nitro benzene ring substituents is 1. The van der Waals surface area contributed by atoms with Crippen LogP contribution in [0.2, 0.25) is 0 Å². The Morgan fingerprint density at radius 2 is 2.07 bits per heavy atom. The minimum absolute atomic E-state index is 0.00471. The molecule has 0 bridgehead atoms. The van der Waals surface area contributed by atoms with Gasteiger partial charge in [-0.3, -0.25) is 15.1 Å². The summed E-state index contributed by atoms with van der Waals surface area (Å²) in [5, 5.41) is 19.2. The van der Waals surface area contributed by atoms with Crippen molar-refractivity contribution in [2.24, 2.45) is 10.9 Å². The molecule has 0 saturated heterocycles. The number of nitrogens with one attached hydrogen (secondary N) is 1. The fourth-order valence-electron chi connectivity index (χ4n) is 2.32. The maximum Gasteiger partial charge on any atom is 0.275 e. The van der Waals surface area contributed by atoms with E-state index < -0.39 is 4.92 Å². The van der Waals surface area contributed by atoms with Crippen molar-refractivity contribution in [1.82, 2.24) is 5.48 Å². The van der Waals surface area contributed by atoms with E-state index in [2.05, 4.69) is 16.0 Å². The van der Waals surface area contributed by atoms with Crippen LogP contribution in [0, 0.1) is 17.0 Å². The first-order chi connectivity index (χ1) is 13.0. The van der Waals surface area contributed by atoms with Gasteiger partial charge in [0.2, 0.25) is 0 Å². The molecule has 0 unspecified atom stereocenters. The highest BCUT2D eigenvalue weighted by molar-refractivity contribution is 5.97. The molecular weight excluding hydrogens is 352 g/mol. The SMILES string of the molecule is Cc1ccc([N-]C([NH2+]OCc2ccccc2[N+](=O)[O-])=C2NON=C2N)cc1. The maximum atomic E-state index is 11.1. The maximum absolute atomic E-state index is 11.1. The van der Waals surface area contributed by atoms with Gasteiger partial charge in [-0.15, -0.1) is 5.69 Å². The van der Waals surface area contributed by atoms with Crippen molar-refractivity contribution >= 4 is 17.2 Å². The summed E-state index contributed by atoms with van der Waals surface area (Å²) in [5.74, 6) is 0.461. The summed E-state index contributed by atoms with van der Waals surface area (Å²) in [5.41, 5.74) is 12.2. The molecule has 0 spiro atoms. The number of hydroxylamine groups is 2. The van der Waals surface area contributed by atoms with Crippen LogP contribution in [0.25, 0.3) is 5.32 Å². The third-order valence-electron chi connectivity index (χ3n) is 3.71. The van der Waals surface area contributed by atoms with E-state index in [1.807, 2.05) is 31.2 Å². The van der Waals surface area contributed by atoms with Gasteiger partial charge in [-0.05, 0) is 18.1 Å². The largest absolute Gasteiger partial charge is 0.606 e. The molecule has 1 aliphatic rings. The summed E-state index contributed by atoms with van der Waals surface area (Å²) < 4.78 is 0. The van der Waals surface area contributed by atoms with Gasteiger partial charge in [0, 0.05) is 6.07 Å². The standard InChI is InChI=1S/C17H17N6O4/c1-11-6-8-13(9-7-11)19-17(15-16(18)21-27-20-15)22-26-10-12-4-2-3-5-14(12)23(24)25/h2-9,20,22H,10H2,1H3,(H2,18,21)/q-1/p+1. The Morgan fingerprint density at radius 1 is 1.33 bits per heavy atom. The number of hydrogen-bond acceptors (Lipinski definition) is 7. The first kappa shape index (κ1) is 18.2. The summed E-state index contributed by atoms with van der Waals surface area (Å²) in [6, 6.07) is 13.9. The number of nitrogens with zero attached hydrogens (tertiary/aromatic N) is 3. The molecule has 1 aliphatic heterocycles. The van der Waals surface area contributed by atoms with Crippen LogP contribution in [0.5, 0.6) is 0 Å². The van der Waals surface area contributed by atoms with Crippen molar-refractivity contribution in [3.8, 4) is 0 Å². The molecule has 1 heterocycles. The highest BCUT2D eigenvalue weighted by atomic mass is 16.8. The Balaban J connectivity index is 1.74. The lowest BCUT2D eigenvalue weighted by atomic mass is 10.2. The minimum Gasteiger partial charge on any atom is -0.606 e. The number of hydrogen-bond donors (Lipinski definition) is 3. The summed E-state index contributed by atoms with van der Waals surface area (Å²) >= 11 is 0. The Morgan fingerprint density at radius 3 is 2.74 bits per heavy atom. The van der Waals surface area contributed by atoms with Gasteiger partial charge < -0.3 is 11.1 Å². The van der Waals surface area contributed by atoms with Crippen molar-refractivity contribution in [3.63, 3.8) is 0 Å². The van der Waals surface area contributed by atoms with Crippen LogP contribution >= 0.6 is 0 Å². The van der Waals surface area contributed by atoms with Crippen LogP contribution in [0.3, 0.4) is 0 Å². The number of para-hydroxylation sites is 1. The van der Waals surface area contributed by atoms with Gasteiger partial charge in [0.15, 0.2) is 11.5 Å².